The second-order valence-corrected chi connectivity index (χ2v) is 9.41. The lowest BCUT2D eigenvalue weighted by atomic mass is 9.89. The highest BCUT2D eigenvalue weighted by Gasteiger charge is 2.27. The van der Waals surface area contributed by atoms with Gasteiger partial charge in [0.2, 0.25) is 5.91 Å². The van der Waals surface area contributed by atoms with Crippen LogP contribution in [0.2, 0.25) is 0 Å². The minimum Gasteiger partial charge on any atom is -0.478 e. The third-order valence-corrected chi connectivity index (χ3v) is 6.79. The summed E-state index contributed by atoms with van der Waals surface area (Å²) in [6, 6.07) is 13.7. The van der Waals surface area contributed by atoms with Gasteiger partial charge >= 0.3 is 5.97 Å². The molecule has 1 N–H and O–H groups in total. The van der Waals surface area contributed by atoms with Crippen LogP contribution in [-0.4, -0.2) is 35.0 Å². The lowest BCUT2D eigenvalue weighted by molar-refractivity contribution is -0.132. The highest BCUT2D eigenvalue weighted by molar-refractivity contribution is 6.05. The van der Waals surface area contributed by atoms with Crippen LogP contribution in [0, 0.1) is 11.8 Å². The molecule has 0 radical (unpaired) electrons. The monoisotopic (exact) mass is 501 g/mol. The number of aryl methyl sites for hydroxylation is 1. The Morgan fingerprint density at radius 3 is 2.32 bits per heavy atom. The molecule has 3 rings (SSSR count). The Labute approximate surface area is 220 Å². The number of hydrogen-bond acceptors (Lipinski definition) is 3. The normalized spacial score (nSPS) is 11.7. The van der Waals surface area contributed by atoms with Crippen molar-refractivity contribution >= 4 is 22.8 Å². The zero-order chi connectivity index (χ0) is 26.8. The van der Waals surface area contributed by atoms with Crippen LogP contribution in [-0.2, 0) is 17.6 Å². The number of nitrogens with zero attached hydrogens (tertiary/aromatic N) is 1. The van der Waals surface area contributed by atoms with Crippen molar-refractivity contribution in [2.24, 2.45) is 0 Å². The summed E-state index contributed by atoms with van der Waals surface area (Å²) in [5.41, 5.74) is 3.27. The topological polar surface area (TPSA) is 70.8 Å². The Kier molecular flexibility index (Phi) is 10.4. The molecule has 3 aromatic rings. The van der Waals surface area contributed by atoms with Gasteiger partial charge in [-0.25, -0.2) is 4.79 Å². The Balaban J connectivity index is 2.16. The molecule has 196 valence electrons. The van der Waals surface area contributed by atoms with E-state index in [1.165, 1.54) is 0 Å². The second kappa shape index (κ2) is 13.7. The molecule has 5 nitrogen and oxygen atoms in total. The number of furan rings is 1. The molecule has 0 saturated carbocycles. The summed E-state index contributed by atoms with van der Waals surface area (Å²) in [6.45, 7) is 9.45. The molecule has 1 heterocycles. The van der Waals surface area contributed by atoms with E-state index in [4.69, 9.17) is 4.42 Å². The van der Waals surface area contributed by atoms with Gasteiger partial charge < -0.3 is 14.4 Å². The standard InChI is InChI=1S/C32H39NO4/c1-5-9-11-13-18-25-20-23(22-27-29(32(35)36)28(19-10-6-2)37-30(25)27)21-26(24-16-14-12-15-17-24)31(34)33(7-3)8-4/h12,14-17,20,22,26H,5-11,19,21H2,1-4H3,(H,35,36). The fourth-order valence-electron chi connectivity index (χ4n) is 4.71. The largest absolute Gasteiger partial charge is 0.478 e. The van der Waals surface area contributed by atoms with Crippen LogP contribution < -0.4 is 0 Å². The van der Waals surface area contributed by atoms with Crippen molar-refractivity contribution in [3.05, 3.63) is 70.5 Å². The van der Waals surface area contributed by atoms with E-state index in [9.17, 15) is 14.7 Å². The van der Waals surface area contributed by atoms with Gasteiger partial charge in [-0.05, 0) is 56.4 Å². The van der Waals surface area contributed by atoms with Crippen LogP contribution in [0.4, 0.5) is 0 Å². The van der Waals surface area contributed by atoms with E-state index >= 15 is 0 Å². The average Bonchev–Trinajstić information content (AvgIpc) is 3.28. The van der Waals surface area contributed by atoms with Gasteiger partial charge in [0, 0.05) is 31.3 Å². The minimum absolute atomic E-state index is 0.0705. The number of carboxylic acids is 1. The molecule has 0 spiro atoms. The van der Waals surface area contributed by atoms with E-state index in [0.717, 1.165) is 43.2 Å². The summed E-state index contributed by atoms with van der Waals surface area (Å²) >= 11 is 0. The number of aromatic carboxylic acids is 1. The summed E-state index contributed by atoms with van der Waals surface area (Å²) in [5, 5.41) is 10.7. The van der Waals surface area contributed by atoms with Crippen LogP contribution in [0.3, 0.4) is 0 Å². The second-order valence-electron chi connectivity index (χ2n) is 9.41. The molecule has 37 heavy (non-hydrogen) atoms. The van der Waals surface area contributed by atoms with E-state index in [1.807, 2.05) is 61.2 Å². The number of carboxylic acid groups (broad SMARTS) is 1. The maximum atomic E-state index is 13.6. The number of likely N-dealkylation sites (N-methyl/N-ethyl adjacent to an activating group) is 1. The van der Waals surface area contributed by atoms with Crippen LogP contribution in [0.5, 0.6) is 0 Å². The maximum Gasteiger partial charge on any atom is 0.339 e. The predicted molar refractivity (Wildman–Crippen MR) is 149 cm³/mol. The fraction of sp³-hybridized carbons (Fsp3) is 0.438. The quantitative estimate of drug-likeness (QED) is 0.210. The van der Waals surface area contributed by atoms with Gasteiger partial charge in [0.1, 0.15) is 11.3 Å². The number of carbonyl (C=O) groups excluding carboxylic acids is 1. The number of carbonyl (C=O) groups is 2. The van der Waals surface area contributed by atoms with Gasteiger partial charge in [-0.2, -0.15) is 0 Å². The molecule has 0 aliphatic heterocycles. The number of amides is 1. The number of benzene rings is 2. The highest BCUT2D eigenvalue weighted by Crippen LogP contribution is 2.33. The number of hydrogen-bond donors (Lipinski definition) is 1. The number of unbranched alkanes of at least 4 members (excludes halogenated alkanes) is 3. The van der Waals surface area contributed by atoms with Crippen molar-refractivity contribution in [3.63, 3.8) is 0 Å². The van der Waals surface area contributed by atoms with Crippen molar-refractivity contribution in [3.8, 4) is 11.8 Å². The van der Waals surface area contributed by atoms with E-state index in [2.05, 4.69) is 25.7 Å². The third-order valence-electron chi connectivity index (χ3n) is 6.79. The first-order valence-corrected chi connectivity index (χ1v) is 13.6. The summed E-state index contributed by atoms with van der Waals surface area (Å²) < 4.78 is 6.16. The molecule has 0 aliphatic carbocycles. The SMILES string of the molecule is CCCCC#Cc1cc(CC(C(=O)N(CC)CC)c2ccccc2)cc2c(C(=O)O)c(CCCC)oc12. The molecule has 1 unspecified atom stereocenters. The van der Waals surface area contributed by atoms with Crippen molar-refractivity contribution in [2.45, 2.75) is 78.6 Å². The van der Waals surface area contributed by atoms with E-state index in [-0.39, 0.29) is 17.4 Å². The molecule has 1 atom stereocenters. The van der Waals surface area contributed by atoms with Crippen molar-refractivity contribution in [1.82, 2.24) is 4.90 Å². The van der Waals surface area contributed by atoms with E-state index < -0.39 is 5.97 Å². The van der Waals surface area contributed by atoms with Gasteiger partial charge in [0.15, 0.2) is 5.58 Å². The highest BCUT2D eigenvalue weighted by atomic mass is 16.4. The summed E-state index contributed by atoms with van der Waals surface area (Å²) in [7, 11) is 0. The molecule has 5 heteroatoms. The van der Waals surface area contributed by atoms with Crippen LogP contribution in [0.1, 0.15) is 98.5 Å². The van der Waals surface area contributed by atoms with Gasteiger partial charge in [0.05, 0.1) is 11.5 Å². The molecule has 1 amide bonds. The van der Waals surface area contributed by atoms with Crippen molar-refractivity contribution < 1.29 is 19.1 Å². The van der Waals surface area contributed by atoms with Gasteiger partial charge in [-0.15, -0.1) is 0 Å². The Morgan fingerprint density at radius 1 is 1.00 bits per heavy atom. The third kappa shape index (κ3) is 6.83. The Bertz CT molecular complexity index is 1260. The Morgan fingerprint density at radius 2 is 1.70 bits per heavy atom. The summed E-state index contributed by atoms with van der Waals surface area (Å²) in [5.74, 6) is 5.69. The van der Waals surface area contributed by atoms with Gasteiger partial charge in [-0.1, -0.05) is 68.9 Å². The lowest BCUT2D eigenvalue weighted by Crippen LogP contribution is -2.35. The molecule has 0 aliphatic rings. The van der Waals surface area contributed by atoms with E-state index in [0.29, 0.717) is 48.2 Å². The number of rotatable bonds is 12. The van der Waals surface area contributed by atoms with Crippen LogP contribution in [0.15, 0.2) is 46.9 Å². The molecule has 2 aromatic carbocycles. The van der Waals surface area contributed by atoms with Crippen LogP contribution in [0.25, 0.3) is 11.0 Å². The Hall–Kier alpha value is -3.52. The number of fused-ring (bicyclic) bond motifs is 1. The molecule has 1 aromatic heterocycles. The summed E-state index contributed by atoms with van der Waals surface area (Å²) in [4.78, 5) is 27.8. The molecular formula is C32H39NO4. The first-order valence-electron chi connectivity index (χ1n) is 13.6. The maximum absolute atomic E-state index is 13.6. The van der Waals surface area contributed by atoms with Gasteiger partial charge in [0.25, 0.3) is 0 Å². The molecule has 0 fully saturated rings. The van der Waals surface area contributed by atoms with Gasteiger partial charge in [-0.3, -0.25) is 4.79 Å². The average molecular weight is 502 g/mol. The molecular weight excluding hydrogens is 462 g/mol. The predicted octanol–water partition coefficient (Wildman–Crippen LogP) is 7.21. The van der Waals surface area contributed by atoms with E-state index in [1.54, 1.807) is 0 Å². The first kappa shape index (κ1) is 28.1. The fourth-order valence-corrected chi connectivity index (χ4v) is 4.71. The lowest BCUT2D eigenvalue weighted by Gasteiger charge is -2.26. The van der Waals surface area contributed by atoms with Crippen molar-refractivity contribution in [2.75, 3.05) is 13.1 Å². The zero-order valence-corrected chi connectivity index (χ0v) is 22.6. The molecule has 0 saturated heterocycles. The minimum atomic E-state index is -0.995. The smallest absolute Gasteiger partial charge is 0.339 e. The zero-order valence-electron chi connectivity index (χ0n) is 22.6. The molecule has 0 bridgehead atoms. The summed E-state index contributed by atoms with van der Waals surface area (Å²) in [6.07, 6.45) is 5.64. The first-order chi connectivity index (χ1) is 17.9. The van der Waals surface area contributed by atoms with Crippen molar-refractivity contribution in [1.29, 1.82) is 0 Å². The van der Waals surface area contributed by atoms with Crippen LogP contribution >= 0.6 is 0 Å².